The highest BCUT2D eigenvalue weighted by molar-refractivity contribution is 6.10. The number of hydrogen-bond acceptors (Lipinski definition) is 7. The van der Waals surface area contributed by atoms with E-state index in [0.29, 0.717) is 22.8 Å². The van der Waals surface area contributed by atoms with Crippen molar-refractivity contribution in [3.8, 4) is 6.07 Å². The zero-order chi connectivity index (χ0) is 27.3. The average molecular weight is 533 g/mol. The van der Waals surface area contributed by atoms with Gasteiger partial charge in [-0.2, -0.15) is 14.6 Å². The zero-order valence-electron chi connectivity index (χ0n) is 20.9. The molecule has 198 valence electrons. The van der Waals surface area contributed by atoms with Crippen LogP contribution in [-0.4, -0.2) is 38.2 Å². The molecule has 0 bridgehead atoms. The highest BCUT2D eigenvalue weighted by Crippen LogP contribution is 2.43. The summed E-state index contributed by atoms with van der Waals surface area (Å²) in [5, 5.41) is 16.9. The van der Waals surface area contributed by atoms with Crippen LogP contribution < -0.4 is 15.1 Å². The summed E-state index contributed by atoms with van der Waals surface area (Å²) in [6, 6.07) is 9.12. The maximum absolute atomic E-state index is 15.1. The Morgan fingerprint density at radius 3 is 2.72 bits per heavy atom. The Morgan fingerprint density at radius 2 is 1.95 bits per heavy atom. The molecule has 0 spiro atoms. The Labute approximate surface area is 221 Å². The molecule has 1 fully saturated rings. The molecule has 0 radical (unpaired) electrons. The molecule has 0 saturated heterocycles. The summed E-state index contributed by atoms with van der Waals surface area (Å²) in [5.74, 6) is -2.89. The first-order valence-corrected chi connectivity index (χ1v) is 12.7. The smallest absolute Gasteiger partial charge is 0.254 e. The first-order chi connectivity index (χ1) is 18.9. The Balaban J connectivity index is 1.47. The van der Waals surface area contributed by atoms with E-state index in [2.05, 4.69) is 31.6 Å². The molecule has 9 nitrogen and oxygen atoms in total. The number of hydrogen-bond donors (Lipinski definition) is 2. The molecular weight excluding hydrogens is 509 g/mol. The summed E-state index contributed by atoms with van der Waals surface area (Å²) in [6.07, 6.45) is 6.34. The van der Waals surface area contributed by atoms with Gasteiger partial charge in [-0.25, -0.2) is 13.8 Å². The molecule has 6 rings (SSSR count). The van der Waals surface area contributed by atoms with Gasteiger partial charge in [-0.15, -0.1) is 5.10 Å². The number of nitrogens with zero attached hydrogens (tertiary/aromatic N) is 6. The van der Waals surface area contributed by atoms with E-state index in [-0.39, 0.29) is 29.1 Å². The first-order valence-electron chi connectivity index (χ1n) is 12.7. The molecule has 2 aromatic carbocycles. The second-order valence-corrected chi connectivity index (χ2v) is 9.72. The van der Waals surface area contributed by atoms with Crippen molar-refractivity contribution < 1.29 is 18.0 Å². The van der Waals surface area contributed by atoms with Gasteiger partial charge in [0.15, 0.2) is 17.5 Å². The number of carbonyl (C=O) groups excluding carboxylic acids is 1. The van der Waals surface area contributed by atoms with Crippen LogP contribution in [0.1, 0.15) is 44.6 Å². The van der Waals surface area contributed by atoms with E-state index < -0.39 is 29.0 Å². The van der Waals surface area contributed by atoms with Crippen molar-refractivity contribution in [2.75, 3.05) is 15.1 Å². The van der Waals surface area contributed by atoms with Crippen LogP contribution >= 0.6 is 0 Å². The zero-order valence-corrected chi connectivity index (χ0v) is 20.9. The number of nitriles is 1. The molecule has 2 aromatic heterocycles. The highest BCUT2D eigenvalue weighted by atomic mass is 19.1. The van der Waals surface area contributed by atoms with Crippen molar-refractivity contribution >= 4 is 45.6 Å². The molecule has 3 heterocycles. The van der Waals surface area contributed by atoms with Gasteiger partial charge in [0, 0.05) is 12.1 Å². The number of aromatic nitrogens is 4. The minimum Gasteiger partial charge on any atom is -0.340 e. The van der Waals surface area contributed by atoms with Crippen LogP contribution in [0, 0.1) is 28.9 Å². The van der Waals surface area contributed by atoms with Gasteiger partial charge in [-0.05, 0) is 38.0 Å². The Bertz CT molecular complexity index is 1640. The van der Waals surface area contributed by atoms with Gasteiger partial charge in [0.05, 0.1) is 34.6 Å². The maximum Gasteiger partial charge on any atom is 0.254 e. The number of halogens is 3. The molecule has 39 heavy (non-hydrogen) atoms. The molecular formula is C27H23F3N8O. The fourth-order valence-electron chi connectivity index (χ4n) is 5.51. The third-order valence-corrected chi connectivity index (χ3v) is 7.37. The van der Waals surface area contributed by atoms with E-state index >= 15 is 4.39 Å². The Kier molecular flexibility index (Phi) is 6.06. The van der Waals surface area contributed by atoms with Crippen molar-refractivity contribution in [2.24, 2.45) is 0 Å². The van der Waals surface area contributed by atoms with Gasteiger partial charge in [-0.3, -0.25) is 14.8 Å². The first kappa shape index (κ1) is 24.7. The summed E-state index contributed by atoms with van der Waals surface area (Å²) in [6.45, 7) is 1.81. The number of anilines is 5. The quantitative estimate of drug-likeness (QED) is 0.352. The van der Waals surface area contributed by atoms with Gasteiger partial charge in [0.1, 0.15) is 17.2 Å². The monoisotopic (exact) mass is 532 g/mol. The van der Waals surface area contributed by atoms with E-state index in [1.165, 1.54) is 11.1 Å². The van der Waals surface area contributed by atoms with Gasteiger partial charge in [0.25, 0.3) is 5.91 Å². The molecule has 1 saturated carbocycles. The minimum absolute atomic E-state index is 0.0524. The number of fused-ring (bicyclic) bond motifs is 2. The fourth-order valence-corrected chi connectivity index (χ4v) is 5.51. The number of benzene rings is 2. The van der Waals surface area contributed by atoms with Crippen LogP contribution in [-0.2, 0) is 4.79 Å². The van der Waals surface area contributed by atoms with Gasteiger partial charge >= 0.3 is 0 Å². The van der Waals surface area contributed by atoms with Crippen molar-refractivity contribution in [3.63, 3.8) is 0 Å². The Morgan fingerprint density at radius 1 is 1.15 bits per heavy atom. The van der Waals surface area contributed by atoms with Gasteiger partial charge in [-0.1, -0.05) is 25.3 Å². The summed E-state index contributed by atoms with van der Waals surface area (Å²) in [4.78, 5) is 26.1. The molecule has 2 aliphatic rings. The van der Waals surface area contributed by atoms with E-state index in [1.54, 1.807) is 31.2 Å². The van der Waals surface area contributed by atoms with Crippen molar-refractivity contribution in [1.29, 1.82) is 5.26 Å². The lowest BCUT2D eigenvalue weighted by Gasteiger charge is -2.45. The number of aromatic amines is 1. The number of carbonyl (C=O) groups is 1. The van der Waals surface area contributed by atoms with E-state index in [9.17, 15) is 18.8 Å². The molecule has 0 unspecified atom stereocenters. The fraction of sp³-hybridized carbons (Fsp3) is 0.296. The summed E-state index contributed by atoms with van der Waals surface area (Å²) >= 11 is 0. The van der Waals surface area contributed by atoms with Crippen LogP contribution in [0.2, 0.25) is 0 Å². The molecule has 2 N–H and O–H groups in total. The van der Waals surface area contributed by atoms with Crippen LogP contribution in [0.3, 0.4) is 0 Å². The second-order valence-electron chi connectivity index (χ2n) is 9.72. The number of nitrogens with one attached hydrogen (secondary N) is 2. The summed E-state index contributed by atoms with van der Waals surface area (Å²) < 4.78 is 43.7. The molecule has 1 atom stereocenters. The van der Waals surface area contributed by atoms with Gasteiger partial charge in [0.2, 0.25) is 11.9 Å². The van der Waals surface area contributed by atoms with Crippen LogP contribution in [0.5, 0.6) is 0 Å². The predicted octanol–water partition coefficient (Wildman–Crippen LogP) is 5.59. The lowest BCUT2D eigenvalue weighted by Crippen LogP contribution is -2.55. The SMILES string of the molecule is C[C@@H]1C(=O)N(c2cccc(C#N)c2)c2cnc(Nc3cc(F)c4[nH]nc(F)c4c3F)nc2N1C1CCCCC1. The second kappa shape index (κ2) is 9.58. The largest absolute Gasteiger partial charge is 0.340 e. The van der Waals surface area contributed by atoms with Crippen LogP contribution in [0.25, 0.3) is 10.9 Å². The number of H-pyrrole nitrogens is 1. The summed E-state index contributed by atoms with van der Waals surface area (Å²) in [7, 11) is 0. The van der Waals surface area contributed by atoms with Crippen molar-refractivity contribution in [3.05, 3.63) is 59.7 Å². The lowest BCUT2D eigenvalue weighted by atomic mass is 9.92. The average Bonchev–Trinajstić information content (AvgIpc) is 3.35. The number of rotatable bonds is 4. The molecule has 4 aromatic rings. The lowest BCUT2D eigenvalue weighted by molar-refractivity contribution is -0.119. The maximum atomic E-state index is 15.1. The Hall–Kier alpha value is -4.66. The van der Waals surface area contributed by atoms with E-state index in [4.69, 9.17) is 0 Å². The standard InChI is InChI=1S/C27H23F3N8O/c1-14-26(39)38(17-9-5-6-15(10-17)12-31)20-13-32-27(34-25(20)37(14)16-7-3-2-4-8-16)33-19-11-18(28)23-21(22(19)29)24(30)36-35-23/h5-6,9-11,13-14,16H,2-4,7-8H2,1H3,(H,35,36)(H,32,33,34)/t14-/m1/s1. The number of amides is 1. The minimum atomic E-state index is -1.16. The summed E-state index contributed by atoms with van der Waals surface area (Å²) in [5.41, 5.74) is 0.555. The van der Waals surface area contributed by atoms with E-state index in [1.807, 2.05) is 4.90 Å². The molecule has 1 aliphatic heterocycles. The van der Waals surface area contributed by atoms with Crippen molar-refractivity contribution in [1.82, 2.24) is 20.2 Å². The van der Waals surface area contributed by atoms with Gasteiger partial charge < -0.3 is 10.2 Å². The van der Waals surface area contributed by atoms with Crippen molar-refractivity contribution in [2.45, 2.75) is 51.1 Å². The van der Waals surface area contributed by atoms with E-state index in [0.717, 1.165) is 38.2 Å². The van der Waals surface area contributed by atoms with Crippen LogP contribution in [0.4, 0.5) is 42.0 Å². The normalized spacial score (nSPS) is 17.8. The molecule has 1 amide bonds. The highest BCUT2D eigenvalue weighted by Gasteiger charge is 2.41. The third-order valence-electron chi connectivity index (χ3n) is 7.37. The molecule has 1 aliphatic carbocycles. The third kappa shape index (κ3) is 4.10. The van der Waals surface area contributed by atoms with Crippen LogP contribution in [0.15, 0.2) is 36.5 Å². The topological polar surface area (TPSA) is 114 Å². The predicted molar refractivity (Wildman–Crippen MR) is 138 cm³/mol. The molecule has 12 heteroatoms.